The van der Waals surface area contributed by atoms with Gasteiger partial charge in [-0.3, -0.25) is 4.79 Å². The Labute approximate surface area is 209 Å². The molecule has 0 saturated carbocycles. The summed E-state index contributed by atoms with van der Waals surface area (Å²) in [5.41, 5.74) is 1.88. The van der Waals surface area contributed by atoms with Gasteiger partial charge in [-0.15, -0.1) is 15.3 Å². The van der Waals surface area contributed by atoms with Gasteiger partial charge in [0.05, 0.1) is 7.11 Å². The van der Waals surface area contributed by atoms with Crippen molar-refractivity contribution in [3.05, 3.63) is 59.7 Å². The van der Waals surface area contributed by atoms with Crippen molar-refractivity contribution in [2.24, 2.45) is 0 Å². The summed E-state index contributed by atoms with van der Waals surface area (Å²) in [4.78, 5) is 24.6. The quantitative estimate of drug-likeness (QED) is 0.403. The zero-order valence-electron chi connectivity index (χ0n) is 20.8. The number of anilines is 1. The van der Waals surface area contributed by atoms with Crippen molar-refractivity contribution < 1.29 is 9.53 Å². The van der Waals surface area contributed by atoms with Crippen molar-refractivity contribution in [2.75, 3.05) is 33.1 Å². The van der Waals surface area contributed by atoms with Crippen molar-refractivity contribution in [3.8, 4) is 23.2 Å². The maximum Gasteiger partial charge on any atom is 0.263 e. The summed E-state index contributed by atoms with van der Waals surface area (Å²) in [5, 5.41) is 15.9. The maximum atomic E-state index is 13.2. The molecular formula is C25H29N9O2. The first-order chi connectivity index (χ1) is 17.4. The first-order valence-electron chi connectivity index (χ1n) is 11.9. The minimum absolute atomic E-state index is 0.202. The lowest BCUT2D eigenvalue weighted by atomic mass is 10.2. The third-order valence-corrected chi connectivity index (χ3v) is 6.17. The van der Waals surface area contributed by atoms with Crippen molar-refractivity contribution in [1.82, 2.24) is 39.4 Å². The normalized spacial score (nSPS) is 14.8. The van der Waals surface area contributed by atoms with Crippen molar-refractivity contribution in [2.45, 2.75) is 32.2 Å². The van der Waals surface area contributed by atoms with Gasteiger partial charge in [0.2, 0.25) is 5.88 Å². The molecule has 0 aromatic carbocycles. The molecule has 1 aliphatic rings. The van der Waals surface area contributed by atoms with E-state index in [1.807, 2.05) is 44.4 Å². The average Bonchev–Trinajstić information content (AvgIpc) is 3.59. The highest BCUT2D eigenvalue weighted by Crippen LogP contribution is 2.30. The van der Waals surface area contributed by atoms with Gasteiger partial charge >= 0.3 is 0 Å². The predicted octanol–water partition coefficient (Wildman–Crippen LogP) is 2.79. The second-order valence-corrected chi connectivity index (χ2v) is 9.10. The molecular weight excluding hydrogens is 458 g/mol. The van der Waals surface area contributed by atoms with E-state index < -0.39 is 0 Å². The molecule has 5 heterocycles. The summed E-state index contributed by atoms with van der Waals surface area (Å²) in [6.07, 6.45) is 4.36. The summed E-state index contributed by atoms with van der Waals surface area (Å²) >= 11 is 0. The van der Waals surface area contributed by atoms with E-state index in [0.29, 0.717) is 29.2 Å². The number of aryl methyl sites for hydroxylation is 1. The number of ether oxygens (including phenoxy) is 1. The molecule has 11 heteroatoms. The van der Waals surface area contributed by atoms with Gasteiger partial charge in [0.15, 0.2) is 11.6 Å². The monoisotopic (exact) mass is 487 g/mol. The van der Waals surface area contributed by atoms with E-state index >= 15 is 0 Å². The molecule has 4 aromatic heterocycles. The van der Waals surface area contributed by atoms with Gasteiger partial charge in [0, 0.05) is 37.3 Å². The molecule has 0 saturated heterocycles. The van der Waals surface area contributed by atoms with E-state index in [-0.39, 0.29) is 17.4 Å². The Morgan fingerprint density at radius 2 is 2.00 bits per heavy atom. The standard InChI is InChI=1S/C25H29N9O2/c1-16-11-12-22-29-30-23(34(16)22)19-8-6-9-20(27-19)28-24(35)18-15-33(31-25(18)36-4)21-10-5-7-17(26-21)13-14-32(2)3/h5-10,15-16H,11-14H2,1-4H3,(H,27,28,35)/t16-/m0/s1. The summed E-state index contributed by atoms with van der Waals surface area (Å²) < 4.78 is 9.06. The Morgan fingerprint density at radius 1 is 1.17 bits per heavy atom. The number of carbonyl (C=O) groups is 1. The van der Waals surface area contributed by atoms with Gasteiger partial charge in [-0.25, -0.2) is 14.6 Å². The molecule has 0 radical (unpaired) electrons. The molecule has 1 aliphatic heterocycles. The Balaban J connectivity index is 1.37. The highest BCUT2D eigenvalue weighted by Gasteiger charge is 2.25. The fraction of sp³-hybridized carbons (Fsp3) is 0.360. The third kappa shape index (κ3) is 4.69. The molecule has 5 rings (SSSR count). The van der Waals surface area contributed by atoms with Crippen LogP contribution in [0.5, 0.6) is 5.88 Å². The van der Waals surface area contributed by atoms with Crippen LogP contribution in [0.25, 0.3) is 17.3 Å². The lowest BCUT2D eigenvalue weighted by Gasteiger charge is -2.10. The van der Waals surface area contributed by atoms with E-state index in [9.17, 15) is 4.79 Å². The van der Waals surface area contributed by atoms with Crippen molar-refractivity contribution >= 4 is 11.7 Å². The summed E-state index contributed by atoms with van der Waals surface area (Å²) in [7, 11) is 5.53. The molecule has 0 unspecified atom stereocenters. The van der Waals surface area contributed by atoms with Crippen molar-refractivity contribution in [3.63, 3.8) is 0 Å². The van der Waals surface area contributed by atoms with E-state index in [0.717, 1.165) is 37.3 Å². The minimum Gasteiger partial charge on any atom is -0.479 e. The molecule has 1 amide bonds. The van der Waals surface area contributed by atoms with Crippen LogP contribution in [0.3, 0.4) is 0 Å². The fourth-order valence-electron chi connectivity index (χ4n) is 4.27. The van der Waals surface area contributed by atoms with Gasteiger partial charge in [0.25, 0.3) is 5.91 Å². The van der Waals surface area contributed by atoms with Crippen LogP contribution in [0.4, 0.5) is 5.82 Å². The van der Waals surface area contributed by atoms with E-state index in [1.54, 1.807) is 16.9 Å². The second kappa shape index (κ2) is 9.86. The highest BCUT2D eigenvalue weighted by molar-refractivity contribution is 6.05. The molecule has 0 bridgehead atoms. The summed E-state index contributed by atoms with van der Waals surface area (Å²) in [5.74, 6) is 2.50. The van der Waals surface area contributed by atoms with Crippen LogP contribution in [-0.2, 0) is 12.8 Å². The number of fused-ring (bicyclic) bond motifs is 1. The Hall–Kier alpha value is -4.12. The number of pyridine rings is 2. The number of likely N-dealkylation sites (N-methyl/N-ethyl adjacent to an activating group) is 1. The molecule has 36 heavy (non-hydrogen) atoms. The molecule has 1 atom stereocenters. The molecule has 0 aliphatic carbocycles. The van der Waals surface area contributed by atoms with Crippen molar-refractivity contribution in [1.29, 1.82) is 0 Å². The van der Waals surface area contributed by atoms with Gasteiger partial charge in [-0.1, -0.05) is 12.1 Å². The fourth-order valence-corrected chi connectivity index (χ4v) is 4.27. The number of rotatable bonds is 8. The lowest BCUT2D eigenvalue weighted by molar-refractivity contribution is 0.102. The van der Waals surface area contributed by atoms with Crippen LogP contribution in [0, 0.1) is 0 Å². The third-order valence-electron chi connectivity index (χ3n) is 6.17. The number of hydrogen-bond acceptors (Lipinski definition) is 8. The smallest absolute Gasteiger partial charge is 0.263 e. The predicted molar refractivity (Wildman–Crippen MR) is 134 cm³/mol. The Kier molecular flexibility index (Phi) is 6.47. The number of carbonyl (C=O) groups excluding carboxylic acids is 1. The molecule has 0 fully saturated rings. The number of nitrogens with zero attached hydrogens (tertiary/aromatic N) is 8. The van der Waals surface area contributed by atoms with Crippen LogP contribution < -0.4 is 10.1 Å². The summed E-state index contributed by atoms with van der Waals surface area (Å²) in [6.45, 7) is 3.03. The SMILES string of the molecule is COc1nn(-c2cccc(CCN(C)C)n2)cc1C(=O)Nc1cccc(-c2nnc3n2[C@@H](C)CC3)n1. The number of amides is 1. The van der Waals surface area contributed by atoms with Gasteiger partial charge in [-0.2, -0.15) is 0 Å². The van der Waals surface area contributed by atoms with Crippen LogP contribution in [0.1, 0.15) is 41.3 Å². The topological polar surface area (TPSA) is 116 Å². The van der Waals surface area contributed by atoms with E-state index in [4.69, 9.17) is 4.74 Å². The van der Waals surface area contributed by atoms with Crippen LogP contribution in [-0.4, -0.2) is 73.1 Å². The second-order valence-electron chi connectivity index (χ2n) is 9.10. The van der Waals surface area contributed by atoms with E-state index in [2.05, 4.69) is 47.0 Å². The number of hydrogen-bond donors (Lipinski definition) is 1. The zero-order valence-corrected chi connectivity index (χ0v) is 20.8. The van der Waals surface area contributed by atoms with Gasteiger partial charge in [0.1, 0.15) is 22.9 Å². The molecule has 186 valence electrons. The zero-order chi connectivity index (χ0) is 25.2. The largest absolute Gasteiger partial charge is 0.479 e. The first kappa shape index (κ1) is 23.6. The average molecular weight is 488 g/mol. The Morgan fingerprint density at radius 3 is 2.81 bits per heavy atom. The minimum atomic E-state index is -0.383. The van der Waals surface area contributed by atoms with E-state index in [1.165, 1.54) is 7.11 Å². The molecule has 11 nitrogen and oxygen atoms in total. The van der Waals surface area contributed by atoms with Crippen LogP contribution in [0.2, 0.25) is 0 Å². The Bertz CT molecular complexity index is 1390. The summed E-state index contributed by atoms with van der Waals surface area (Å²) in [6, 6.07) is 11.5. The number of methoxy groups -OCH3 is 1. The highest BCUT2D eigenvalue weighted by atomic mass is 16.5. The maximum absolute atomic E-state index is 13.2. The lowest BCUT2D eigenvalue weighted by Crippen LogP contribution is -2.16. The van der Waals surface area contributed by atoms with Crippen LogP contribution >= 0.6 is 0 Å². The molecule has 0 spiro atoms. The first-order valence-corrected chi connectivity index (χ1v) is 11.9. The number of nitrogens with one attached hydrogen (secondary N) is 1. The molecule has 4 aromatic rings. The number of aromatic nitrogens is 7. The van der Waals surface area contributed by atoms with Gasteiger partial charge < -0.3 is 19.5 Å². The van der Waals surface area contributed by atoms with Gasteiger partial charge in [-0.05, 0) is 51.7 Å². The molecule has 1 N–H and O–H groups in total. The van der Waals surface area contributed by atoms with Crippen LogP contribution in [0.15, 0.2) is 42.6 Å².